The van der Waals surface area contributed by atoms with E-state index in [1.54, 1.807) is 15.7 Å². The zero-order valence-electron chi connectivity index (χ0n) is 24.6. The van der Waals surface area contributed by atoms with E-state index in [4.69, 9.17) is 16.6 Å². The highest BCUT2D eigenvalue weighted by atomic mass is 35.5. The second kappa shape index (κ2) is 11.9. The maximum atomic E-state index is 14.1. The molecule has 3 aromatic heterocycles. The number of benzene rings is 1. The van der Waals surface area contributed by atoms with Crippen LogP contribution in [-0.2, 0) is 4.79 Å². The fourth-order valence-corrected chi connectivity index (χ4v) is 5.86. The number of pyridine rings is 2. The van der Waals surface area contributed by atoms with Crippen LogP contribution in [0.3, 0.4) is 0 Å². The van der Waals surface area contributed by atoms with Crippen LogP contribution in [-0.4, -0.2) is 56.0 Å². The van der Waals surface area contributed by atoms with Gasteiger partial charge in [0.25, 0.3) is 0 Å². The van der Waals surface area contributed by atoms with Crippen LogP contribution >= 0.6 is 11.6 Å². The number of fused-ring (bicyclic) bond motifs is 1. The van der Waals surface area contributed by atoms with Gasteiger partial charge in [0, 0.05) is 37.4 Å². The molecule has 5 rings (SSSR count). The highest BCUT2D eigenvalue weighted by Crippen LogP contribution is 2.35. The molecule has 1 atom stereocenters. The van der Waals surface area contributed by atoms with Gasteiger partial charge < -0.3 is 9.80 Å². The van der Waals surface area contributed by atoms with Gasteiger partial charge in [-0.1, -0.05) is 62.4 Å². The summed E-state index contributed by atoms with van der Waals surface area (Å²) in [6.07, 6.45) is 7.09. The van der Waals surface area contributed by atoms with Crippen LogP contribution in [0.15, 0.2) is 66.1 Å². The summed E-state index contributed by atoms with van der Waals surface area (Å²) in [6, 6.07) is 11.6. The van der Waals surface area contributed by atoms with Crippen molar-refractivity contribution >= 4 is 40.4 Å². The third-order valence-corrected chi connectivity index (χ3v) is 7.92. The van der Waals surface area contributed by atoms with E-state index in [0.717, 1.165) is 22.4 Å². The fourth-order valence-electron chi connectivity index (χ4n) is 5.60. The maximum absolute atomic E-state index is 14.1. The zero-order valence-corrected chi connectivity index (χ0v) is 25.4. The number of hydrogen-bond donors (Lipinski definition) is 0. The lowest BCUT2D eigenvalue weighted by Gasteiger charge is -2.40. The number of carbonyl (C=O) groups is 1. The van der Waals surface area contributed by atoms with Crippen molar-refractivity contribution in [3.05, 3.63) is 93.7 Å². The molecule has 0 saturated carbocycles. The van der Waals surface area contributed by atoms with E-state index in [0.29, 0.717) is 52.9 Å². The molecule has 1 amide bonds. The summed E-state index contributed by atoms with van der Waals surface area (Å²) in [5.41, 5.74) is 4.79. The molecule has 4 aromatic rings. The van der Waals surface area contributed by atoms with Gasteiger partial charge in [0.1, 0.15) is 5.82 Å². The third kappa shape index (κ3) is 5.34. The van der Waals surface area contributed by atoms with Crippen molar-refractivity contribution in [3.8, 4) is 16.9 Å². The number of aryl methyl sites for hydroxylation is 1. The van der Waals surface area contributed by atoms with Gasteiger partial charge in [0.15, 0.2) is 5.65 Å². The second-order valence-electron chi connectivity index (χ2n) is 10.9. The first-order valence-corrected chi connectivity index (χ1v) is 14.5. The highest BCUT2D eigenvalue weighted by molar-refractivity contribution is 6.33. The van der Waals surface area contributed by atoms with Crippen molar-refractivity contribution in [2.45, 2.75) is 46.6 Å². The molecule has 1 fully saturated rings. The summed E-state index contributed by atoms with van der Waals surface area (Å²) in [4.78, 5) is 44.6. The van der Waals surface area contributed by atoms with E-state index in [9.17, 15) is 9.59 Å². The maximum Gasteiger partial charge on any atom is 0.355 e. The quantitative estimate of drug-likeness (QED) is 0.252. The number of amides is 1. The van der Waals surface area contributed by atoms with Gasteiger partial charge in [0.05, 0.1) is 27.5 Å². The number of anilines is 1. The summed E-state index contributed by atoms with van der Waals surface area (Å²) in [7, 11) is 0. The molecular formula is C33H35ClN6O2. The van der Waals surface area contributed by atoms with Crippen LogP contribution in [0.2, 0.25) is 5.02 Å². The molecule has 0 bridgehead atoms. The van der Waals surface area contributed by atoms with Crippen molar-refractivity contribution in [1.29, 1.82) is 0 Å². The number of allylic oxidation sites excluding steroid dienone is 1. The topological polar surface area (TPSA) is 84.2 Å². The Kier molecular flexibility index (Phi) is 8.27. The van der Waals surface area contributed by atoms with Crippen LogP contribution in [0.1, 0.15) is 50.4 Å². The Labute approximate surface area is 251 Å². The van der Waals surface area contributed by atoms with Crippen LogP contribution in [0.25, 0.3) is 34.1 Å². The minimum absolute atomic E-state index is 0.0568. The lowest BCUT2D eigenvalue weighted by atomic mass is 10.0. The largest absolute Gasteiger partial charge is 0.355 e. The average Bonchev–Trinajstić information content (AvgIpc) is 2.97. The summed E-state index contributed by atoms with van der Waals surface area (Å²) in [6.45, 7) is 15.1. The molecule has 8 nitrogen and oxygen atoms in total. The molecule has 1 aliphatic rings. The van der Waals surface area contributed by atoms with Crippen molar-refractivity contribution in [2.24, 2.45) is 0 Å². The zero-order chi connectivity index (χ0) is 30.1. The predicted octanol–water partition coefficient (Wildman–Crippen LogP) is 6.18. The molecule has 1 aromatic carbocycles. The fraction of sp³-hybridized carbons (Fsp3) is 0.303. The van der Waals surface area contributed by atoms with E-state index in [1.165, 1.54) is 6.08 Å². The van der Waals surface area contributed by atoms with Crippen molar-refractivity contribution in [2.75, 3.05) is 24.5 Å². The van der Waals surface area contributed by atoms with Crippen LogP contribution in [0.4, 0.5) is 5.82 Å². The first-order valence-electron chi connectivity index (χ1n) is 14.1. The Morgan fingerprint density at radius 1 is 1.17 bits per heavy atom. The highest BCUT2D eigenvalue weighted by Gasteiger charge is 2.30. The van der Waals surface area contributed by atoms with Gasteiger partial charge in [-0.25, -0.2) is 14.3 Å². The molecule has 0 N–H and O–H groups in total. The minimum Gasteiger partial charge on any atom is -0.350 e. The minimum atomic E-state index is -0.448. The third-order valence-electron chi connectivity index (χ3n) is 7.63. The molecule has 1 aliphatic heterocycles. The molecule has 0 aliphatic carbocycles. The van der Waals surface area contributed by atoms with Gasteiger partial charge in [-0.05, 0) is 62.1 Å². The first kappa shape index (κ1) is 29.2. The van der Waals surface area contributed by atoms with Crippen molar-refractivity contribution < 1.29 is 4.79 Å². The molecule has 0 radical (unpaired) electrons. The molecule has 9 heteroatoms. The van der Waals surface area contributed by atoms with Crippen LogP contribution < -0.4 is 10.6 Å². The number of rotatable bonds is 6. The molecule has 4 heterocycles. The lowest BCUT2D eigenvalue weighted by Crippen LogP contribution is -2.54. The number of nitrogens with zero attached hydrogens (tertiary/aromatic N) is 6. The Morgan fingerprint density at radius 3 is 2.64 bits per heavy atom. The van der Waals surface area contributed by atoms with Gasteiger partial charge in [-0.3, -0.25) is 9.78 Å². The summed E-state index contributed by atoms with van der Waals surface area (Å²) < 4.78 is 1.58. The monoisotopic (exact) mass is 582 g/mol. The summed E-state index contributed by atoms with van der Waals surface area (Å²) in [5, 5.41) is 1.11. The smallest absolute Gasteiger partial charge is 0.350 e. The normalized spacial score (nSPS) is 15.6. The van der Waals surface area contributed by atoms with Gasteiger partial charge in [-0.2, -0.15) is 4.98 Å². The number of halogens is 1. The van der Waals surface area contributed by atoms with E-state index >= 15 is 0 Å². The second-order valence-corrected chi connectivity index (χ2v) is 11.3. The van der Waals surface area contributed by atoms with E-state index < -0.39 is 5.69 Å². The Morgan fingerprint density at radius 2 is 1.95 bits per heavy atom. The number of piperazine rings is 1. The molecular weight excluding hydrogens is 548 g/mol. The number of hydrogen-bond acceptors (Lipinski definition) is 6. The van der Waals surface area contributed by atoms with Crippen LogP contribution in [0, 0.1) is 6.92 Å². The number of aromatic nitrogens is 4. The van der Waals surface area contributed by atoms with Crippen LogP contribution in [0.5, 0.6) is 0 Å². The van der Waals surface area contributed by atoms with Crippen molar-refractivity contribution in [1.82, 2.24) is 24.4 Å². The van der Waals surface area contributed by atoms with Gasteiger partial charge >= 0.3 is 5.69 Å². The SMILES string of the molecule is C=CC(=O)N1CCN(c2nc(=O)n(-c3c(C)ccnc3C(C)C)c3nc(-c4cccc(/C=C/C)c4)c(Cl)cc23)[C@@H](C)C1. The summed E-state index contributed by atoms with van der Waals surface area (Å²) in [5.74, 6) is 0.444. The average molecular weight is 583 g/mol. The van der Waals surface area contributed by atoms with Gasteiger partial charge in [-0.15, -0.1) is 0 Å². The predicted molar refractivity (Wildman–Crippen MR) is 170 cm³/mol. The first-order chi connectivity index (χ1) is 20.1. The molecule has 1 saturated heterocycles. The Bertz CT molecular complexity index is 1780. The van der Waals surface area contributed by atoms with E-state index in [-0.39, 0.29) is 17.9 Å². The Balaban J connectivity index is 1.80. The standard InChI is InChI=1S/C33H35ClN6O2/c1-7-10-23-11-9-12-24(17-23)29-26(34)18-25-31(39-16-15-38(19-22(39)6)27(41)8-2)37-33(42)40(32(25)36-29)30-21(5)13-14-35-28(30)20(3)4/h7-14,17-18,20,22H,2,15-16,19H2,1,3-6H3/b10-7+/t22-/m0/s1. The lowest BCUT2D eigenvalue weighted by molar-refractivity contribution is -0.126. The molecule has 42 heavy (non-hydrogen) atoms. The van der Waals surface area contributed by atoms with Gasteiger partial charge in [0.2, 0.25) is 5.91 Å². The Hall–Kier alpha value is -4.30. The molecule has 0 spiro atoms. The van der Waals surface area contributed by atoms with Crippen molar-refractivity contribution in [3.63, 3.8) is 0 Å². The van der Waals surface area contributed by atoms with E-state index in [2.05, 4.69) is 35.3 Å². The molecule has 0 unspecified atom stereocenters. The summed E-state index contributed by atoms with van der Waals surface area (Å²) >= 11 is 6.96. The van der Waals surface area contributed by atoms with E-state index in [1.807, 2.05) is 69.3 Å². The number of carbonyl (C=O) groups excluding carboxylic acids is 1. The molecule has 216 valence electrons.